The molecule has 0 amide bonds. The van der Waals surface area contributed by atoms with Gasteiger partial charge in [-0.1, -0.05) is 0 Å². The first-order valence-corrected chi connectivity index (χ1v) is 6.75. The van der Waals surface area contributed by atoms with E-state index in [0.29, 0.717) is 6.42 Å². The molecule has 0 aromatic carbocycles. The van der Waals surface area contributed by atoms with Crippen LogP contribution in [0.3, 0.4) is 0 Å². The van der Waals surface area contributed by atoms with Crippen LogP contribution in [0.25, 0.3) is 0 Å². The molecule has 16 heavy (non-hydrogen) atoms. The largest absolute Gasteiger partial charge is 0.388 e. The molecule has 0 bridgehead atoms. The van der Waals surface area contributed by atoms with E-state index in [9.17, 15) is 14.8 Å². The van der Waals surface area contributed by atoms with Crippen molar-refractivity contribution in [1.29, 1.82) is 0 Å². The number of aliphatic hydroxyl groups excluding tert-OH is 1. The third kappa shape index (κ3) is 1.67. The SMILES string of the molecule is [B]C1C2CC2(OCP(=O)(O)O)C(O)C1(C)O. The van der Waals surface area contributed by atoms with Crippen LogP contribution in [0.5, 0.6) is 0 Å². The summed E-state index contributed by atoms with van der Waals surface area (Å²) in [6.45, 7) is 1.40. The molecule has 2 radical (unpaired) electrons. The van der Waals surface area contributed by atoms with E-state index in [1.165, 1.54) is 6.92 Å². The summed E-state index contributed by atoms with van der Waals surface area (Å²) in [5, 5.41) is 19.8. The summed E-state index contributed by atoms with van der Waals surface area (Å²) in [6, 6.07) is 0. The molecule has 5 atom stereocenters. The summed E-state index contributed by atoms with van der Waals surface area (Å²) in [7, 11) is 1.45. The van der Waals surface area contributed by atoms with E-state index < -0.39 is 37.1 Å². The summed E-state index contributed by atoms with van der Waals surface area (Å²) in [5.74, 6) is -0.886. The van der Waals surface area contributed by atoms with Gasteiger partial charge < -0.3 is 24.7 Å². The van der Waals surface area contributed by atoms with Gasteiger partial charge in [-0.15, -0.1) is 0 Å². The fourth-order valence-corrected chi connectivity index (χ4v) is 2.97. The highest BCUT2D eigenvalue weighted by atomic mass is 31.2. The first-order chi connectivity index (χ1) is 7.11. The molecule has 8 heteroatoms. The van der Waals surface area contributed by atoms with Gasteiger partial charge in [0.2, 0.25) is 0 Å². The number of hydrogen-bond donors (Lipinski definition) is 4. The van der Waals surface area contributed by atoms with Crippen molar-refractivity contribution in [3.63, 3.8) is 0 Å². The fourth-order valence-electron chi connectivity index (χ4n) is 2.56. The second-order valence-corrected chi connectivity index (χ2v) is 6.45. The van der Waals surface area contributed by atoms with Crippen LogP contribution in [0.1, 0.15) is 13.3 Å². The third-order valence-corrected chi connectivity index (χ3v) is 4.10. The molecule has 2 aliphatic rings. The van der Waals surface area contributed by atoms with Crippen LogP contribution < -0.4 is 0 Å². The van der Waals surface area contributed by atoms with Crippen molar-refractivity contribution in [2.45, 2.75) is 36.5 Å². The Kier molecular flexibility index (Phi) is 2.60. The van der Waals surface area contributed by atoms with Crippen LogP contribution in [0.2, 0.25) is 5.82 Å². The molecule has 6 nitrogen and oxygen atoms in total. The molecule has 2 aliphatic carbocycles. The maximum atomic E-state index is 10.7. The van der Waals surface area contributed by atoms with Crippen LogP contribution in [0, 0.1) is 5.92 Å². The highest BCUT2D eigenvalue weighted by Gasteiger charge is 2.74. The zero-order valence-electron chi connectivity index (χ0n) is 8.78. The molecule has 0 aromatic rings. The van der Waals surface area contributed by atoms with Crippen LogP contribution in [-0.4, -0.2) is 51.5 Å². The lowest BCUT2D eigenvalue weighted by molar-refractivity contribution is -0.116. The van der Waals surface area contributed by atoms with Crippen LogP contribution in [-0.2, 0) is 9.30 Å². The lowest BCUT2D eigenvalue weighted by Gasteiger charge is -2.32. The van der Waals surface area contributed by atoms with E-state index in [4.69, 9.17) is 22.4 Å². The topological polar surface area (TPSA) is 107 Å². The Morgan fingerprint density at radius 1 is 1.56 bits per heavy atom. The smallest absolute Gasteiger partial charge is 0.351 e. The molecule has 0 saturated heterocycles. The fraction of sp³-hybridized carbons (Fsp3) is 1.00. The Hall–Kier alpha value is 0.0949. The summed E-state index contributed by atoms with van der Waals surface area (Å²) in [5.41, 5.74) is -2.55. The van der Waals surface area contributed by atoms with E-state index in [1.807, 2.05) is 0 Å². The van der Waals surface area contributed by atoms with Gasteiger partial charge in [0.25, 0.3) is 0 Å². The van der Waals surface area contributed by atoms with Gasteiger partial charge in [-0.25, -0.2) is 0 Å². The molecule has 2 fully saturated rings. The normalized spacial score (nSPS) is 51.4. The molecule has 0 aromatic heterocycles. The molecule has 5 unspecified atom stereocenters. The van der Waals surface area contributed by atoms with Gasteiger partial charge in [0.05, 0.1) is 13.4 Å². The maximum Gasteiger partial charge on any atom is 0.351 e. The Morgan fingerprint density at radius 3 is 2.50 bits per heavy atom. The summed E-state index contributed by atoms with van der Waals surface area (Å²) in [6.07, 6.45) is -1.55. The first-order valence-electron chi connectivity index (χ1n) is 4.96. The minimum atomic E-state index is -4.28. The van der Waals surface area contributed by atoms with Crippen molar-refractivity contribution in [1.82, 2.24) is 0 Å². The molecule has 2 saturated carbocycles. The average molecular weight is 248 g/mol. The van der Waals surface area contributed by atoms with Crippen molar-refractivity contribution in [2.75, 3.05) is 6.35 Å². The lowest BCUT2D eigenvalue weighted by atomic mass is 9.73. The predicted molar refractivity (Wildman–Crippen MR) is 55.0 cm³/mol. The molecule has 4 N–H and O–H groups in total. The van der Waals surface area contributed by atoms with Crippen molar-refractivity contribution < 1.29 is 29.3 Å². The quantitative estimate of drug-likeness (QED) is 0.376. The zero-order chi connectivity index (χ0) is 12.4. The van der Waals surface area contributed by atoms with Crippen LogP contribution >= 0.6 is 7.60 Å². The molecule has 90 valence electrons. The first kappa shape index (κ1) is 12.5. The van der Waals surface area contributed by atoms with Crippen molar-refractivity contribution in [3.05, 3.63) is 0 Å². The Labute approximate surface area is 94.2 Å². The zero-order valence-corrected chi connectivity index (χ0v) is 9.67. The Morgan fingerprint density at radius 2 is 2.12 bits per heavy atom. The van der Waals surface area contributed by atoms with Gasteiger partial charge >= 0.3 is 7.60 Å². The van der Waals surface area contributed by atoms with E-state index in [1.54, 1.807) is 0 Å². The average Bonchev–Trinajstić information content (AvgIpc) is 2.83. The van der Waals surface area contributed by atoms with Crippen LogP contribution in [0.4, 0.5) is 0 Å². The van der Waals surface area contributed by atoms with Gasteiger partial charge in [0.1, 0.15) is 18.1 Å². The molecule has 2 rings (SSSR count). The van der Waals surface area contributed by atoms with Gasteiger partial charge in [-0.05, 0) is 25.1 Å². The van der Waals surface area contributed by atoms with Gasteiger partial charge in [-0.3, -0.25) is 4.57 Å². The van der Waals surface area contributed by atoms with Crippen molar-refractivity contribution in [2.24, 2.45) is 5.92 Å². The minimum Gasteiger partial charge on any atom is -0.388 e. The van der Waals surface area contributed by atoms with E-state index in [0.717, 1.165) is 0 Å². The Bertz CT molecular complexity index is 354. The number of rotatable bonds is 3. The number of ether oxygens (including phenoxy) is 1. The summed E-state index contributed by atoms with van der Waals surface area (Å²) < 4.78 is 15.8. The number of hydrogen-bond acceptors (Lipinski definition) is 4. The second-order valence-electron chi connectivity index (χ2n) is 4.86. The van der Waals surface area contributed by atoms with Crippen molar-refractivity contribution in [3.8, 4) is 0 Å². The molecule has 0 aliphatic heterocycles. The third-order valence-electron chi connectivity index (χ3n) is 3.63. The van der Waals surface area contributed by atoms with E-state index in [-0.39, 0.29) is 5.92 Å². The maximum absolute atomic E-state index is 10.7. The molecule has 0 heterocycles. The second kappa shape index (κ2) is 3.31. The van der Waals surface area contributed by atoms with Gasteiger partial charge in [0.15, 0.2) is 0 Å². The number of fused-ring (bicyclic) bond motifs is 1. The molecule has 0 spiro atoms. The Balaban J connectivity index is 2.10. The van der Waals surface area contributed by atoms with Gasteiger partial charge in [-0.2, -0.15) is 0 Å². The van der Waals surface area contributed by atoms with Gasteiger partial charge in [0, 0.05) is 0 Å². The van der Waals surface area contributed by atoms with E-state index >= 15 is 0 Å². The molecular formula is C8H14BO6P. The monoisotopic (exact) mass is 248 g/mol. The molecular weight excluding hydrogens is 234 g/mol. The summed E-state index contributed by atoms with van der Waals surface area (Å²) >= 11 is 0. The standard InChI is InChI=1S/C8H14BO6P/c1-7(11)5(9)4-2-8(4,6(7)10)15-3-16(12,13)14/h4-6,10-11H,2-3H2,1H3,(H2,12,13,14). The number of aliphatic hydroxyl groups is 2. The van der Waals surface area contributed by atoms with Crippen molar-refractivity contribution >= 4 is 15.4 Å². The van der Waals surface area contributed by atoms with E-state index in [2.05, 4.69) is 0 Å². The predicted octanol–water partition coefficient (Wildman–Crippen LogP) is -1.02. The van der Waals surface area contributed by atoms with Crippen LogP contribution in [0.15, 0.2) is 0 Å². The lowest BCUT2D eigenvalue weighted by Crippen LogP contribution is -2.46. The summed E-state index contributed by atoms with van der Waals surface area (Å²) in [4.78, 5) is 17.4. The minimum absolute atomic E-state index is 0.246. The highest BCUT2D eigenvalue weighted by molar-refractivity contribution is 7.51. The highest BCUT2D eigenvalue weighted by Crippen LogP contribution is 2.67.